The summed E-state index contributed by atoms with van der Waals surface area (Å²) < 4.78 is 1.78. The van der Waals surface area contributed by atoms with Crippen molar-refractivity contribution in [3.05, 3.63) is 77.5 Å². The molecule has 3 aliphatic rings. The Labute approximate surface area is 234 Å². The molecule has 0 radical (unpaired) electrons. The Balaban J connectivity index is 0.00000302. The van der Waals surface area contributed by atoms with E-state index in [4.69, 9.17) is 4.98 Å². The average molecular weight is 538 g/mol. The van der Waals surface area contributed by atoms with Gasteiger partial charge in [0.05, 0.1) is 23.0 Å². The number of likely N-dealkylation sites (N-methyl/N-ethyl adjacent to an activating group) is 1. The predicted molar refractivity (Wildman–Crippen MR) is 157 cm³/mol. The molecule has 6 heterocycles. The summed E-state index contributed by atoms with van der Waals surface area (Å²) in [4.78, 5) is 33.9. The van der Waals surface area contributed by atoms with E-state index >= 15 is 0 Å². The van der Waals surface area contributed by atoms with Gasteiger partial charge in [-0.2, -0.15) is 5.10 Å². The minimum Gasteiger partial charge on any atom is -0.354 e. The van der Waals surface area contributed by atoms with Crippen molar-refractivity contribution >= 4 is 34.5 Å². The predicted octanol–water partition coefficient (Wildman–Crippen LogP) is 3.87. The van der Waals surface area contributed by atoms with Crippen molar-refractivity contribution in [3.8, 4) is 0 Å². The third kappa shape index (κ3) is 4.68. The van der Waals surface area contributed by atoms with Gasteiger partial charge < -0.3 is 20.0 Å². The minimum absolute atomic E-state index is 0. The molecular formula is C30H35N9O. The highest BCUT2D eigenvalue weighted by Crippen LogP contribution is 2.33. The van der Waals surface area contributed by atoms with Crippen LogP contribution >= 0.6 is 0 Å². The number of rotatable bonds is 5. The maximum atomic E-state index is 13.2. The number of piperidine rings is 1. The quantitative estimate of drug-likeness (QED) is 0.410. The highest BCUT2D eigenvalue weighted by Gasteiger charge is 2.24. The molecular weight excluding hydrogens is 502 g/mol. The first-order valence-corrected chi connectivity index (χ1v) is 14.1. The maximum Gasteiger partial charge on any atom is 0.257 e. The van der Waals surface area contributed by atoms with Crippen LogP contribution in [0.15, 0.2) is 55.1 Å². The van der Waals surface area contributed by atoms with Gasteiger partial charge in [-0.1, -0.05) is 6.08 Å². The molecule has 0 atom stereocenters. The van der Waals surface area contributed by atoms with Gasteiger partial charge in [0.2, 0.25) is 5.95 Å². The first-order valence-electron chi connectivity index (χ1n) is 14.1. The largest absolute Gasteiger partial charge is 0.354 e. The second-order valence-corrected chi connectivity index (χ2v) is 10.9. The molecule has 10 nitrogen and oxygen atoms in total. The Bertz CT molecular complexity index is 1600. The molecule has 0 aromatic carbocycles. The molecule has 2 saturated heterocycles. The van der Waals surface area contributed by atoms with Crippen molar-refractivity contribution in [2.75, 3.05) is 56.5 Å². The van der Waals surface area contributed by atoms with Crippen LogP contribution in [0, 0.1) is 0 Å². The van der Waals surface area contributed by atoms with E-state index in [1.807, 2.05) is 35.6 Å². The third-order valence-electron chi connectivity index (χ3n) is 8.19. The van der Waals surface area contributed by atoms with Crippen LogP contribution in [0.4, 0.5) is 17.5 Å². The molecule has 4 aromatic heterocycles. The number of piperazine rings is 1. The van der Waals surface area contributed by atoms with Crippen molar-refractivity contribution in [1.82, 2.24) is 34.4 Å². The number of allylic oxidation sites excluding steroid dienone is 1. The summed E-state index contributed by atoms with van der Waals surface area (Å²) >= 11 is 0. The van der Waals surface area contributed by atoms with E-state index in [0.717, 1.165) is 97.9 Å². The van der Waals surface area contributed by atoms with E-state index in [1.165, 1.54) is 6.42 Å². The summed E-state index contributed by atoms with van der Waals surface area (Å²) in [5, 5.41) is 7.82. The number of carbonyl (C=O) groups excluding carboxylic acids is 1. The number of aromatic nitrogens is 5. The number of pyridine rings is 2. The zero-order chi connectivity index (χ0) is 27.1. The molecule has 4 aromatic rings. The van der Waals surface area contributed by atoms with E-state index in [2.05, 4.69) is 55.4 Å². The monoisotopic (exact) mass is 537 g/mol. The fourth-order valence-electron chi connectivity index (χ4n) is 5.85. The molecule has 40 heavy (non-hydrogen) atoms. The number of fused-ring (bicyclic) bond motifs is 2. The molecule has 0 unspecified atom stereocenters. The smallest absolute Gasteiger partial charge is 0.257 e. The molecule has 0 spiro atoms. The summed E-state index contributed by atoms with van der Waals surface area (Å²) in [6.07, 6.45) is 13.6. The van der Waals surface area contributed by atoms with Crippen LogP contribution in [0.1, 0.15) is 47.9 Å². The summed E-state index contributed by atoms with van der Waals surface area (Å²) in [5.41, 5.74) is 6.54. The van der Waals surface area contributed by atoms with E-state index in [1.54, 1.807) is 10.7 Å². The van der Waals surface area contributed by atoms with E-state index < -0.39 is 0 Å². The summed E-state index contributed by atoms with van der Waals surface area (Å²) in [7, 11) is 2.15. The number of hydrogen-bond donors (Lipinski definition) is 1. The van der Waals surface area contributed by atoms with Crippen LogP contribution in [-0.2, 0) is 6.42 Å². The van der Waals surface area contributed by atoms with Crippen molar-refractivity contribution in [2.24, 2.45) is 0 Å². The standard InChI is InChI=1S/C30H33N9O.H2/c1-36-13-15-37(16-14-36)28-18-22(7-9-31-28)34-30-32-19-24-23(5-6-26(24)35-30)21-8-12-39-27(17-21)25(20-33-39)29(40)38-10-3-2-4-11-38;/h5,7-9,12,17-20H,2-4,6,10-11,13-16H2,1H3,(H,31,32,34,35);1H. The van der Waals surface area contributed by atoms with Crippen LogP contribution in [0.2, 0.25) is 0 Å². The van der Waals surface area contributed by atoms with Crippen molar-refractivity contribution in [3.63, 3.8) is 0 Å². The second kappa shape index (κ2) is 10.3. The highest BCUT2D eigenvalue weighted by atomic mass is 16.2. The maximum absolute atomic E-state index is 13.2. The van der Waals surface area contributed by atoms with Gasteiger partial charge in [0.25, 0.3) is 5.91 Å². The van der Waals surface area contributed by atoms with Crippen LogP contribution in [0.5, 0.6) is 0 Å². The molecule has 7 rings (SSSR count). The molecule has 0 saturated carbocycles. The van der Waals surface area contributed by atoms with Gasteiger partial charge in [-0.3, -0.25) is 4.79 Å². The number of anilines is 3. The first kappa shape index (κ1) is 24.7. The molecule has 206 valence electrons. The Morgan fingerprint density at radius 3 is 2.67 bits per heavy atom. The number of likely N-dealkylation sites (tertiary alicyclic amines) is 1. The summed E-state index contributed by atoms with van der Waals surface area (Å²) in [5.74, 6) is 1.61. The number of nitrogens with zero attached hydrogens (tertiary/aromatic N) is 8. The van der Waals surface area contributed by atoms with Gasteiger partial charge in [0.1, 0.15) is 5.82 Å². The van der Waals surface area contributed by atoms with Crippen molar-refractivity contribution in [1.29, 1.82) is 0 Å². The second-order valence-electron chi connectivity index (χ2n) is 10.9. The molecule has 1 aliphatic carbocycles. The van der Waals surface area contributed by atoms with Gasteiger partial charge in [-0.25, -0.2) is 19.5 Å². The fourth-order valence-corrected chi connectivity index (χ4v) is 5.85. The van der Waals surface area contributed by atoms with Gasteiger partial charge in [-0.15, -0.1) is 0 Å². The molecule has 2 fully saturated rings. The number of nitrogens with one attached hydrogen (secondary N) is 1. The highest BCUT2D eigenvalue weighted by molar-refractivity contribution is 6.01. The summed E-state index contributed by atoms with van der Waals surface area (Å²) in [6, 6.07) is 8.12. The number of carbonyl (C=O) groups is 1. The molecule has 1 amide bonds. The van der Waals surface area contributed by atoms with Gasteiger partial charge in [-0.05, 0) is 55.6 Å². The normalized spacial score (nSPS) is 17.7. The van der Waals surface area contributed by atoms with Crippen LogP contribution < -0.4 is 10.2 Å². The number of amides is 1. The van der Waals surface area contributed by atoms with Gasteiger partial charge >= 0.3 is 0 Å². The lowest BCUT2D eigenvalue weighted by atomic mass is 10.0. The lowest BCUT2D eigenvalue weighted by molar-refractivity contribution is 0.0726. The van der Waals surface area contributed by atoms with Crippen molar-refractivity contribution in [2.45, 2.75) is 25.7 Å². The van der Waals surface area contributed by atoms with E-state index in [-0.39, 0.29) is 7.33 Å². The Morgan fingerprint density at radius 1 is 0.975 bits per heavy atom. The van der Waals surface area contributed by atoms with Gasteiger partial charge in [0, 0.05) is 83.0 Å². The molecule has 2 aliphatic heterocycles. The van der Waals surface area contributed by atoms with Crippen LogP contribution in [0.25, 0.3) is 11.1 Å². The molecule has 0 bridgehead atoms. The fraction of sp³-hybridized carbons (Fsp3) is 0.367. The van der Waals surface area contributed by atoms with E-state index in [9.17, 15) is 4.79 Å². The van der Waals surface area contributed by atoms with E-state index in [0.29, 0.717) is 11.5 Å². The van der Waals surface area contributed by atoms with Crippen LogP contribution in [0.3, 0.4) is 0 Å². The topological polar surface area (TPSA) is 94.8 Å². The zero-order valence-electron chi connectivity index (χ0n) is 22.8. The minimum atomic E-state index is 0. The average Bonchev–Trinajstić information content (AvgIpc) is 3.61. The lowest BCUT2D eigenvalue weighted by Gasteiger charge is -2.33. The SMILES string of the molecule is CN1CCN(c2cc(Nc3ncc4c(n3)CC=C4c3ccn4ncc(C(=O)N5CCCCC5)c4c3)ccn2)CC1.[HH]. The third-order valence-corrected chi connectivity index (χ3v) is 8.19. The molecule has 1 N–H and O–H groups in total. The Kier molecular flexibility index (Phi) is 6.39. The zero-order valence-corrected chi connectivity index (χ0v) is 22.8. The van der Waals surface area contributed by atoms with Crippen LogP contribution in [-0.4, -0.2) is 86.6 Å². The number of hydrogen-bond acceptors (Lipinski definition) is 8. The Hall–Kier alpha value is -4.31. The van der Waals surface area contributed by atoms with Gasteiger partial charge in [0.15, 0.2) is 0 Å². The Morgan fingerprint density at radius 2 is 1.82 bits per heavy atom. The first-order chi connectivity index (χ1) is 19.6. The molecule has 10 heteroatoms. The van der Waals surface area contributed by atoms with Crippen molar-refractivity contribution < 1.29 is 6.22 Å². The summed E-state index contributed by atoms with van der Waals surface area (Å²) in [6.45, 7) is 5.64. The lowest BCUT2D eigenvalue weighted by Crippen LogP contribution is -2.44.